The van der Waals surface area contributed by atoms with Crippen molar-refractivity contribution in [1.82, 2.24) is 4.31 Å². The summed E-state index contributed by atoms with van der Waals surface area (Å²) in [5.41, 5.74) is -0.0844. The lowest BCUT2D eigenvalue weighted by atomic mass is 10.1. The summed E-state index contributed by atoms with van der Waals surface area (Å²) < 4.78 is 25.9. The molecule has 0 aromatic heterocycles. The highest BCUT2D eigenvalue weighted by Crippen LogP contribution is 2.15. The highest BCUT2D eigenvalue weighted by Gasteiger charge is 2.26. The first-order chi connectivity index (χ1) is 9.18. The van der Waals surface area contributed by atoms with Gasteiger partial charge in [0, 0.05) is 13.1 Å². The van der Waals surface area contributed by atoms with Gasteiger partial charge in [0.25, 0.3) is 0 Å². The molecule has 110 valence electrons. The third kappa shape index (κ3) is 4.93. The minimum absolute atomic E-state index is 0.0454. The second-order valence-electron chi connectivity index (χ2n) is 5.31. The van der Waals surface area contributed by atoms with Crippen LogP contribution in [0.4, 0.5) is 0 Å². The molecule has 0 saturated heterocycles. The number of nitriles is 1. The zero-order chi connectivity index (χ0) is 15.4. The second kappa shape index (κ2) is 6.35. The third-order valence-corrected chi connectivity index (χ3v) is 4.59. The van der Waals surface area contributed by atoms with Crippen LogP contribution in [0.1, 0.15) is 31.9 Å². The van der Waals surface area contributed by atoms with Gasteiger partial charge in [-0.3, -0.25) is 0 Å². The maximum absolute atomic E-state index is 12.3. The van der Waals surface area contributed by atoms with Crippen molar-refractivity contribution < 1.29 is 13.5 Å². The molecule has 1 rings (SSSR count). The molecule has 0 saturated carbocycles. The van der Waals surface area contributed by atoms with E-state index in [1.807, 2.05) is 6.07 Å². The van der Waals surface area contributed by atoms with Crippen molar-refractivity contribution >= 4 is 10.0 Å². The van der Waals surface area contributed by atoms with Crippen molar-refractivity contribution in [2.24, 2.45) is 0 Å². The molecule has 0 bridgehead atoms. The number of aliphatic hydroxyl groups is 1. The summed E-state index contributed by atoms with van der Waals surface area (Å²) in [5, 5.41) is 18.6. The Labute approximate surface area is 120 Å². The molecule has 0 unspecified atom stereocenters. The van der Waals surface area contributed by atoms with Gasteiger partial charge in [0.2, 0.25) is 10.0 Å². The van der Waals surface area contributed by atoms with Gasteiger partial charge in [-0.1, -0.05) is 19.1 Å². The summed E-state index contributed by atoms with van der Waals surface area (Å²) in [5.74, 6) is -0.174. The standard InChI is InChI=1S/C14H20N2O3S/c1-4-16(11-14(2,3)17)20(18,19)10-13-7-5-6-12(8-13)9-15/h5-8,17H,4,10-11H2,1-3H3. The van der Waals surface area contributed by atoms with E-state index in [9.17, 15) is 13.5 Å². The fourth-order valence-electron chi connectivity index (χ4n) is 1.87. The molecule has 6 heteroatoms. The Hall–Kier alpha value is -1.42. The molecule has 0 fully saturated rings. The molecule has 0 amide bonds. The zero-order valence-electron chi connectivity index (χ0n) is 12.0. The average molecular weight is 296 g/mol. The highest BCUT2D eigenvalue weighted by molar-refractivity contribution is 7.88. The Morgan fingerprint density at radius 1 is 1.40 bits per heavy atom. The number of benzene rings is 1. The topological polar surface area (TPSA) is 81.4 Å². The monoisotopic (exact) mass is 296 g/mol. The van der Waals surface area contributed by atoms with E-state index in [1.165, 1.54) is 4.31 Å². The van der Waals surface area contributed by atoms with Gasteiger partial charge in [-0.2, -0.15) is 9.57 Å². The number of rotatable bonds is 6. The lowest BCUT2D eigenvalue weighted by Gasteiger charge is -2.27. The summed E-state index contributed by atoms with van der Waals surface area (Å²) in [4.78, 5) is 0. The van der Waals surface area contributed by atoms with Crippen molar-refractivity contribution in [3.8, 4) is 6.07 Å². The van der Waals surface area contributed by atoms with E-state index in [1.54, 1.807) is 45.0 Å². The first kappa shape index (κ1) is 16.6. The van der Waals surface area contributed by atoms with Crippen LogP contribution in [0.15, 0.2) is 24.3 Å². The Morgan fingerprint density at radius 3 is 2.55 bits per heavy atom. The normalized spacial score (nSPS) is 12.4. The Bertz CT molecular complexity index is 598. The molecule has 5 nitrogen and oxygen atoms in total. The lowest BCUT2D eigenvalue weighted by Crippen LogP contribution is -2.42. The van der Waals surface area contributed by atoms with E-state index >= 15 is 0 Å². The molecule has 0 radical (unpaired) electrons. The largest absolute Gasteiger partial charge is 0.389 e. The predicted molar refractivity (Wildman–Crippen MR) is 77.3 cm³/mol. The van der Waals surface area contributed by atoms with Crippen LogP contribution in [0, 0.1) is 11.3 Å². The van der Waals surface area contributed by atoms with E-state index in [-0.39, 0.29) is 12.3 Å². The highest BCUT2D eigenvalue weighted by atomic mass is 32.2. The van der Waals surface area contributed by atoms with Crippen LogP contribution in [0.3, 0.4) is 0 Å². The molecular formula is C14H20N2O3S. The van der Waals surface area contributed by atoms with Crippen molar-refractivity contribution in [2.75, 3.05) is 13.1 Å². The van der Waals surface area contributed by atoms with Gasteiger partial charge in [0.1, 0.15) is 0 Å². The van der Waals surface area contributed by atoms with Crippen LogP contribution in [0.25, 0.3) is 0 Å². The number of nitrogens with zero attached hydrogens (tertiary/aromatic N) is 2. The van der Waals surface area contributed by atoms with Crippen LogP contribution in [0.2, 0.25) is 0 Å². The maximum atomic E-state index is 12.3. The number of hydrogen-bond donors (Lipinski definition) is 1. The van der Waals surface area contributed by atoms with Gasteiger partial charge in [0.15, 0.2) is 0 Å². The van der Waals surface area contributed by atoms with Gasteiger partial charge in [0.05, 0.1) is 23.0 Å². The Kier molecular flexibility index (Phi) is 5.28. The molecule has 0 heterocycles. The predicted octanol–water partition coefficient (Wildman–Crippen LogP) is 1.48. The van der Waals surface area contributed by atoms with Crippen LogP contribution in [-0.4, -0.2) is 36.5 Å². The summed E-state index contributed by atoms with van der Waals surface area (Å²) in [7, 11) is -3.52. The number of hydrogen-bond acceptors (Lipinski definition) is 4. The van der Waals surface area contributed by atoms with Crippen molar-refractivity contribution in [3.63, 3.8) is 0 Å². The van der Waals surface area contributed by atoms with Gasteiger partial charge in [-0.25, -0.2) is 8.42 Å². The molecular weight excluding hydrogens is 276 g/mol. The van der Waals surface area contributed by atoms with Crippen molar-refractivity contribution in [1.29, 1.82) is 5.26 Å². The molecule has 0 aliphatic rings. The van der Waals surface area contributed by atoms with Crippen molar-refractivity contribution in [2.45, 2.75) is 32.1 Å². The first-order valence-corrected chi connectivity index (χ1v) is 7.98. The summed E-state index contributed by atoms with van der Waals surface area (Å²) in [6.45, 7) is 5.21. The van der Waals surface area contributed by atoms with Crippen molar-refractivity contribution in [3.05, 3.63) is 35.4 Å². The molecule has 0 spiro atoms. The maximum Gasteiger partial charge on any atom is 0.218 e. The van der Waals surface area contributed by atoms with Gasteiger partial charge in [-0.05, 0) is 31.5 Å². The molecule has 1 aromatic carbocycles. The second-order valence-corrected chi connectivity index (χ2v) is 7.28. The molecule has 0 aliphatic carbocycles. The fourth-order valence-corrected chi connectivity index (χ4v) is 3.56. The first-order valence-electron chi connectivity index (χ1n) is 6.37. The molecule has 1 N–H and O–H groups in total. The van der Waals surface area contributed by atoms with Gasteiger partial charge >= 0.3 is 0 Å². The van der Waals surface area contributed by atoms with Gasteiger partial charge < -0.3 is 5.11 Å². The molecule has 0 aliphatic heterocycles. The van der Waals surface area contributed by atoms with Crippen LogP contribution < -0.4 is 0 Å². The Morgan fingerprint density at radius 2 is 2.05 bits per heavy atom. The van der Waals surface area contributed by atoms with E-state index in [4.69, 9.17) is 5.26 Å². The average Bonchev–Trinajstić information content (AvgIpc) is 2.34. The van der Waals surface area contributed by atoms with E-state index in [2.05, 4.69) is 0 Å². The van der Waals surface area contributed by atoms with E-state index in [0.717, 1.165) is 0 Å². The molecule has 20 heavy (non-hydrogen) atoms. The third-order valence-electron chi connectivity index (χ3n) is 2.71. The minimum atomic E-state index is -3.52. The number of sulfonamides is 1. The lowest BCUT2D eigenvalue weighted by molar-refractivity contribution is 0.0601. The summed E-state index contributed by atoms with van der Waals surface area (Å²) in [6, 6.07) is 8.52. The smallest absolute Gasteiger partial charge is 0.218 e. The summed E-state index contributed by atoms with van der Waals surface area (Å²) >= 11 is 0. The SMILES string of the molecule is CCN(CC(C)(C)O)S(=O)(=O)Cc1cccc(C#N)c1. The van der Waals surface area contributed by atoms with E-state index in [0.29, 0.717) is 17.7 Å². The number of likely N-dealkylation sites (N-methyl/N-ethyl adjacent to an activating group) is 1. The van der Waals surface area contributed by atoms with Gasteiger partial charge in [-0.15, -0.1) is 0 Å². The molecule has 0 atom stereocenters. The quantitative estimate of drug-likeness (QED) is 0.862. The fraction of sp³-hybridized carbons (Fsp3) is 0.500. The molecule has 1 aromatic rings. The Balaban J connectivity index is 2.95. The van der Waals surface area contributed by atoms with Crippen LogP contribution >= 0.6 is 0 Å². The van der Waals surface area contributed by atoms with Crippen LogP contribution in [-0.2, 0) is 15.8 Å². The summed E-state index contributed by atoms with van der Waals surface area (Å²) in [6.07, 6.45) is 0. The zero-order valence-corrected chi connectivity index (χ0v) is 12.8. The van der Waals surface area contributed by atoms with E-state index < -0.39 is 15.6 Å². The minimum Gasteiger partial charge on any atom is -0.389 e. The van der Waals surface area contributed by atoms with Crippen LogP contribution in [0.5, 0.6) is 0 Å².